The molecule has 1 aliphatic rings. The third-order valence-corrected chi connectivity index (χ3v) is 2.53. The van der Waals surface area contributed by atoms with E-state index in [0.717, 1.165) is 22.2 Å². The first-order chi connectivity index (χ1) is 6.25. The summed E-state index contributed by atoms with van der Waals surface area (Å²) in [6, 6.07) is 8.12. The molecule has 0 N–H and O–H groups in total. The van der Waals surface area contributed by atoms with Crippen LogP contribution in [0.2, 0.25) is 0 Å². The van der Waals surface area contributed by atoms with Crippen molar-refractivity contribution in [2.24, 2.45) is 5.16 Å². The lowest BCUT2D eigenvalue weighted by Gasteiger charge is -1.98. The first-order valence-corrected chi connectivity index (χ1v) is 5.03. The monoisotopic (exact) mass is 239 g/mol. The van der Waals surface area contributed by atoms with Gasteiger partial charge in [-0.25, -0.2) is 0 Å². The van der Waals surface area contributed by atoms with Crippen molar-refractivity contribution in [3.63, 3.8) is 0 Å². The van der Waals surface area contributed by atoms with E-state index in [2.05, 4.69) is 21.1 Å². The van der Waals surface area contributed by atoms with Crippen molar-refractivity contribution in [1.82, 2.24) is 0 Å². The number of nitrogens with zero attached hydrogens (tertiary/aromatic N) is 1. The van der Waals surface area contributed by atoms with Gasteiger partial charge in [-0.2, -0.15) is 0 Å². The van der Waals surface area contributed by atoms with Gasteiger partial charge >= 0.3 is 0 Å². The van der Waals surface area contributed by atoms with Crippen LogP contribution in [0.3, 0.4) is 0 Å². The maximum atomic E-state index is 5.13. The van der Waals surface area contributed by atoms with E-state index >= 15 is 0 Å². The molecule has 0 radical (unpaired) electrons. The Labute approximate surface area is 85.7 Å². The third kappa shape index (κ3) is 1.91. The highest BCUT2D eigenvalue weighted by atomic mass is 79.9. The van der Waals surface area contributed by atoms with Crippen molar-refractivity contribution >= 4 is 21.6 Å². The second kappa shape index (κ2) is 3.50. The van der Waals surface area contributed by atoms with Gasteiger partial charge in [0.05, 0.1) is 5.71 Å². The number of rotatable bonds is 1. The Bertz CT molecular complexity index is 331. The highest BCUT2D eigenvalue weighted by Gasteiger charge is 2.17. The van der Waals surface area contributed by atoms with Crippen LogP contribution in [0.4, 0.5) is 0 Å². The van der Waals surface area contributed by atoms with E-state index in [1.54, 1.807) is 0 Å². The van der Waals surface area contributed by atoms with E-state index < -0.39 is 0 Å². The summed E-state index contributed by atoms with van der Waals surface area (Å²) in [6.45, 7) is 2.02. The maximum Gasteiger partial charge on any atom is 0.130 e. The molecule has 1 unspecified atom stereocenters. The molecule has 0 aliphatic carbocycles. The van der Waals surface area contributed by atoms with Gasteiger partial charge in [-0.3, -0.25) is 0 Å². The summed E-state index contributed by atoms with van der Waals surface area (Å²) in [7, 11) is 0. The van der Waals surface area contributed by atoms with Gasteiger partial charge in [-0.1, -0.05) is 33.2 Å². The minimum absolute atomic E-state index is 0.221. The topological polar surface area (TPSA) is 21.6 Å². The van der Waals surface area contributed by atoms with Gasteiger partial charge in [0.1, 0.15) is 6.10 Å². The van der Waals surface area contributed by atoms with Crippen molar-refractivity contribution in [3.8, 4) is 0 Å². The molecule has 1 atom stereocenters. The Balaban J connectivity index is 2.22. The molecular formula is C10H10BrNO. The van der Waals surface area contributed by atoms with Crippen LogP contribution in [-0.4, -0.2) is 11.8 Å². The van der Waals surface area contributed by atoms with Crippen LogP contribution in [0.15, 0.2) is 33.9 Å². The molecule has 0 aromatic heterocycles. The molecule has 3 heteroatoms. The standard InChI is InChI=1S/C10H10BrNO/c1-7-6-10(12-13-7)8-2-4-9(11)5-3-8/h2-5,7H,6H2,1H3. The Morgan fingerprint density at radius 2 is 2.08 bits per heavy atom. The molecule has 13 heavy (non-hydrogen) atoms. The predicted molar refractivity (Wildman–Crippen MR) is 55.8 cm³/mol. The normalized spacial score (nSPS) is 21.1. The zero-order valence-electron chi connectivity index (χ0n) is 7.33. The lowest BCUT2D eigenvalue weighted by Crippen LogP contribution is -2.02. The molecule has 68 valence electrons. The van der Waals surface area contributed by atoms with Gasteiger partial charge in [-0.05, 0) is 24.6 Å². The molecule has 0 amide bonds. The summed E-state index contributed by atoms with van der Waals surface area (Å²) in [6.07, 6.45) is 1.13. The molecule has 0 saturated heterocycles. The quantitative estimate of drug-likeness (QED) is 0.739. The fourth-order valence-corrected chi connectivity index (χ4v) is 1.58. The van der Waals surface area contributed by atoms with Gasteiger partial charge in [0, 0.05) is 10.9 Å². The average Bonchev–Trinajstić information content (AvgIpc) is 2.53. The summed E-state index contributed by atoms with van der Waals surface area (Å²) in [5.41, 5.74) is 2.19. The van der Waals surface area contributed by atoms with Crippen molar-refractivity contribution in [2.45, 2.75) is 19.4 Å². The van der Waals surface area contributed by atoms with E-state index in [1.807, 2.05) is 31.2 Å². The Morgan fingerprint density at radius 1 is 1.38 bits per heavy atom. The molecule has 1 aromatic carbocycles. The SMILES string of the molecule is CC1CC(c2ccc(Br)cc2)=NO1. The third-order valence-electron chi connectivity index (χ3n) is 2.00. The summed E-state index contributed by atoms with van der Waals surface area (Å²) >= 11 is 3.39. The molecule has 1 heterocycles. The van der Waals surface area contributed by atoms with E-state index in [0.29, 0.717) is 0 Å². The lowest BCUT2D eigenvalue weighted by molar-refractivity contribution is 0.0995. The highest BCUT2D eigenvalue weighted by Crippen LogP contribution is 2.18. The number of benzene rings is 1. The van der Waals surface area contributed by atoms with E-state index in [1.165, 1.54) is 0 Å². The number of hydrogen-bond acceptors (Lipinski definition) is 2. The van der Waals surface area contributed by atoms with Gasteiger partial charge in [0.2, 0.25) is 0 Å². The van der Waals surface area contributed by atoms with Crippen LogP contribution < -0.4 is 0 Å². The Kier molecular flexibility index (Phi) is 2.36. The molecule has 2 rings (SSSR count). The number of halogens is 1. The Morgan fingerprint density at radius 3 is 2.62 bits per heavy atom. The van der Waals surface area contributed by atoms with Gasteiger partial charge in [0.15, 0.2) is 0 Å². The predicted octanol–water partition coefficient (Wildman–Crippen LogP) is 2.96. The molecule has 1 aromatic rings. The minimum Gasteiger partial charge on any atom is -0.392 e. The second-order valence-electron chi connectivity index (χ2n) is 3.17. The van der Waals surface area contributed by atoms with E-state index in [4.69, 9.17) is 4.84 Å². The average molecular weight is 240 g/mol. The summed E-state index contributed by atoms with van der Waals surface area (Å²) in [5, 5.41) is 4.02. The molecule has 0 bridgehead atoms. The largest absolute Gasteiger partial charge is 0.392 e. The van der Waals surface area contributed by atoms with Crippen molar-refractivity contribution < 1.29 is 4.84 Å². The highest BCUT2D eigenvalue weighted by molar-refractivity contribution is 9.10. The summed E-state index contributed by atoms with van der Waals surface area (Å²) < 4.78 is 1.09. The summed E-state index contributed by atoms with van der Waals surface area (Å²) in [4.78, 5) is 5.13. The first kappa shape index (κ1) is 8.75. The van der Waals surface area contributed by atoms with Crippen LogP contribution in [-0.2, 0) is 4.84 Å². The number of oxime groups is 1. The zero-order chi connectivity index (χ0) is 9.26. The maximum absolute atomic E-state index is 5.13. The Hall–Kier alpha value is -0.830. The van der Waals surface area contributed by atoms with Crippen LogP contribution in [0.25, 0.3) is 0 Å². The van der Waals surface area contributed by atoms with Gasteiger partial charge < -0.3 is 4.84 Å². The molecule has 1 aliphatic heterocycles. The molecule has 0 spiro atoms. The van der Waals surface area contributed by atoms with Crippen LogP contribution in [0.5, 0.6) is 0 Å². The van der Waals surface area contributed by atoms with E-state index in [9.17, 15) is 0 Å². The van der Waals surface area contributed by atoms with Crippen molar-refractivity contribution in [1.29, 1.82) is 0 Å². The van der Waals surface area contributed by atoms with Crippen molar-refractivity contribution in [3.05, 3.63) is 34.3 Å². The fraction of sp³-hybridized carbons (Fsp3) is 0.300. The van der Waals surface area contributed by atoms with Crippen molar-refractivity contribution in [2.75, 3.05) is 0 Å². The second-order valence-corrected chi connectivity index (χ2v) is 4.08. The van der Waals surface area contributed by atoms with Crippen LogP contribution in [0.1, 0.15) is 18.9 Å². The molecule has 0 fully saturated rings. The number of hydrogen-bond donors (Lipinski definition) is 0. The summed E-state index contributed by atoms with van der Waals surface area (Å²) in [5.74, 6) is 0. The first-order valence-electron chi connectivity index (χ1n) is 4.24. The van der Waals surface area contributed by atoms with Crippen LogP contribution >= 0.6 is 15.9 Å². The molecule has 0 saturated carbocycles. The van der Waals surface area contributed by atoms with Gasteiger partial charge in [0.25, 0.3) is 0 Å². The van der Waals surface area contributed by atoms with Gasteiger partial charge in [-0.15, -0.1) is 0 Å². The lowest BCUT2D eigenvalue weighted by atomic mass is 10.1. The van der Waals surface area contributed by atoms with Crippen LogP contribution in [0, 0.1) is 0 Å². The minimum atomic E-state index is 0.221. The smallest absolute Gasteiger partial charge is 0.130 e. The van der Waals surface area contributed by atoms with E-state index in [-0.39, 0.29) is 6.10 Å². The fourth-order valence-electron chi connectivity index (χ4n) is 1.31. The molecular weight excluding hydrogens is 230 g/mol. The molecule has 2 nitrogen and oxygen atoms in total. The zero-order valence-corrected chi connectivity index (χ0v) is 8.91.